The first-order valence-electron chi connectivity index (χ1n) is 8.07. The van der Waals surface area contributed by atoms with Gasteiger partial charge in [0.15, 0.2) is 0 Å². The summed E-state index contributed by atoms with van der Waals surface area (Å²) in [6.07, 6.45) is 1.48. The van der Waals surface area contributed by atoms with Crippen LogP contribution in [0.5, 0.6) is 23.0 Å². The summed E-state index contributed by atoms with van der Waals surface area (Å²) >= 11 is 0. The molecule has 6 heteroatoms. The summed E-state index contributed by atoms with van der Waals surface area (Å²) in [5, 5.41) is 19.4. The monoisotopic (exact) mass is 363 g/mol. The number of benzene rings is 3. The third kappa shape index (κ3) is 4.64. The lowest BCUT2D eigenvalue weighted by molar-refractivity contribution is 0.0734. The maximum atomic E-state index is 12.2. The summed E-state index contributed by atoms with van der Waals surface area (Å²) in [5.74, 6) is 0.400. The molecule has 0 atom stereocenters. The number of phenolic OH excluding ortho intramolecular Hbond substituents is 2. The van der Waals surface area contributed by atoms with Crippen molar-refractivity contribution in [2.24, 2.45) is 4.99 Å². The number of rotatable bonds is 5. The summed E-state index contributed by atoms with van der Waals surface area (Å²) in [6.45, 7) is 0. The number of aromatic hydroxyl groups is 2. The Labute approximate surface area is 156 Å². The van der Waals surface area contributed by atoms with E-state index >= 15 is 0 Å². The van der Waals surface area contributed by atoms with E-state index in [1.165, 1.54) is 24.4 Å². The highest BCUT2D eigenvalue weighted by Gasteiger charge is 2.10. The number of hydrogen-bond acceptors (Lipinski definition) is 6. The van der Waals surface area contributed by atoms with Crippen molar-refractivity contribution in [1.29, 1.82) is 0 Å². The number of phenols is 2. The van der Waals surface area contributed by atoms with Gasteiger partial charge in [0.2, 0.25) is 0 Å². The van der Waals surface area contributed by atoms with Gasteiger partial charge < -0.3 is 19.7 Å². The number of aliphatic imine (C=N–C) groups is 1. The van der Waals surface area contributed by atoms with Crippen molar-refractivity contribution in [3.05, 3.63) is 77.9 Å². The second kappa shape index (κ2) is 8.05. The topological polar surface area (TPSA) is 88.4 Å². The van der Waals surface area contributed by atoms with Crippen LogP contribution in [0.3, 0.4) is 0 Å². The lowest BCUT2D eigenvalue weighted by Gasteiger charge is -2.07. The van der Waals surface area contributed by atoms with Crippen LogP contribution in [0, 0.1) is 0 Å². The number of hydrogen-bond donors (Lipinski definition) is 2. The quantitative estimate of drug-likeness (QED) is 0.405. The van der Waals surface area contributed by atoms with Crippen molar-refractivity contribution >= 4 is 17.9 Å². The zero-order valence-corrected chi connectivity index (χ0v) is 14.5. The van der Waals surface area contributed by atoms with Crippen LogP contribution >= 0.6 is 0 Å². The number of nitrogens with zero attached hydrogens (tertiary/aromatic N) is 1. The van der Waals surface area contributed by atoms with Crippen LogP contribution in [0.2, 0.25) is 0 Å². The average molecular weight is 363 g/mol. The molecule has 0 saturated heterocycles. The van der Waals surface area contributed by atoms with Crippen molar-refractivity contribution in [3.63, 3.8) is 0 Å². The van der Waals surface area contributed by atoms with E-state index in [9.17, 15) is 15.0 Å². The molecule has 2 N–H and O–H groups in total. The molecule has 0 aromatic heterocycles. The molecule has 0 fully saturated rings. The number of esters is 1. The molecule has 3 aromatic rings. The van der Waals surface area contributed by atoms with Crippen LogP contribution in [-0.4, -0.2) is 29.5 Å². The largest absolute Gasteiger partial charge is 0.508 e. The van der Waals surface area contributed by atoms with Gasteiger partial charge in [-0.15, -0.1) is 0 Å². The molecule has 0 unspecified atom stereocenters. The highest BCUT2D eigenvalue weighted by Crippen LogP contribution is 2.24. The molecule has 27 heavy (non-hydrogen) atoms. The SMILES string of the molecule is COc1ccc(C(=O)Oc2ccc(C=Nc3ccc(O)cc3)c(O)c2)cc1. The molecule has 6 nitrogen and oxygen atoms in total. The summed E-state index contributed by atoms with van der Waals surface area (Å²) < 4.78 is 10.3. The number of carbonyl (C=O) groups is 1. The molecule has 0 heterocycles. The predicted octanol–water partition coefficient (Wildman–Crippen LogP) is 4.08. The van der Waals surface area contributed by atoms with Crippen molar-refractivity contribution in [3.8, 4) is 23.0 Å². The molecule has 0 spiro atoms. The van der Waals surface area contributed by atoms with Gasteiger partial charge in [0.1, 0.15) is 23.0 Å². The average Bonchev–Trinajstić information content (AvgIpc) is 2.68. The van der Waals surface area contributed by atoms with Gasteiger partial charge >= 0.3 is 5.97 Å². The van der Waals surface area contributed by atoms with Crippen molar-refractivity contribution in [1.82, 2.24) is 0 Å². The summed E-state index contributed by atoms with van der Waals surface area (Å²) in [4.78, 5) is 16.4. The molecule has 136 valence electrons. The van der Waals surface area contributed by atoms with Crippen molar-refractivity contribution in [2.75, 3.05) is 7.11 Å². The lowest BCUT2D eigenvalue weighted by Crippen LogP contribution is -2.08. The van der Waals surface area contributed by atoms with E-state index < -0.39 is 5.97 Å². The summed E-state index contributed by atoms with van der Waals surface area (Å²) in [7, 11) is 1.54. The van der Waals surface area contributed by atoms with Crippen molar-refractivity contribution < 1.29 is 24.5 Å². The maximum absolute atomic E-state index is 12.2. The van der Waals surface area contributed by atoms with Crippen LogP contribution in [-0.2, 0) is 0 Å². The van der Waals surface area contributed by atoms with Gasteiger partial charge in [-0.1, -0.05) is 0 Å². The zero-order chi connectivity index (χ0) is 19.2. The Bertz CT molecular complexity index is 963. The standard InChI is InChI=1S/C21H17NO5/c1-26-18-9-2-14(3-10-18)21(25)27-19-11-4-15(20(24)12-19)13-22-16-5-7-17(23)8-6-16/h2-13,23-24H,1H3. The first-order chi connectivity index (χ1) is 13.0. The zero-order valence-electron chi connectivity index (χ0n) is 14.5. The Hall–Kier alpha value is -3.80. The van der Waals surface area contributed by atoms with E-state index in [1.54, 1.807) is 55.6 Å². The van der Waals surface area contributed by atoms with Gasteiger partial charge in [-0.2, -0.15) is 0 Å². The Morgan fingerprint density at radius 1 is 0.926 bits per heavy atom. The Morgan fingerprint density at radius 3 is 2.22 bits per heavy atom. The predicted molar refractivity (Wildman–Crippen MR) is 101 cm³/mol. The molecular weight excluding hydrogens is 346 g/mol. The van der Waals surface area contributed by atoms with Gasteiger partial charge in [-0.25, -0.2) is 4.79 Å². The third-order valence-electron chi connectivity index (χ3n) is 3.74. The van der Waals surface area contributed by atoms with Gasteiger partial charge in [-0.05, 0) is 60.7 Å². The summed E-state index contributed by atoms with van der Waals surface area (Å²) in [6, 6.07) is 17.4. The Morgan fingerprint density at radius 2 is 1.59 bits per heavy atom. The van der Waals surface area contributed by atoms with Crippen LogP contribution in [0.15, 0.2) is 71.7 Å². The van der Waals surface area contributed by atoms with Crippen LogP contribution in [0.4, 0.5) is 5.69 Å². The molecule has 0 aliphatic heterocycles. The van der Waals surface area contributed by atoms with E-state index in [0.717, 1.165) is 0 Å². The highest BCUT2D eigenvalue weighted by atomic mass is 16.5. The highest BCUT2D eigenvalue weighted by molar-refractivity contribution is 5.91. The maximum Gasteiger partial charge on any atom is 0.343 e. The third-order valence-corrected chi connectivity index (χ3v) is 3.74. The van der Waals surface area contributed by atoms with Crippen LogP contribution in [0.1, 0.15) is 15.9 Å². The van der Waals surface area contributed by atoms with Gasteiger partial charge in [0.25, 0.3) is 0 Å². The molecule has 0 amide bonds. The van der Waals surface area contributed by atoms with E-state index in [1.807, 2.05) is 0 Å². The first kappa shape index (κ1) is 18.0. The molecule has 0 saturated carbocycles. The fraction of sp³-hybridized carbons (Fsp3) is 0.0476. The molecule has 0 aliphatic carbocycles. The van der Waals surface area contributed by atoms with E-state index in [4.69, 9.17) is 9.47 Å². The van der Waals surface area contributed by atoms with Gasteiger partial charge in [0.05, 0.1) is 18.4 Å². The fourth-order valence-electron chi connectivity index (χ4n) is 2.27. The molecule has 0 radical (unpaired) electrons. The fourth-order valence-corrected chi connectivity index (χ4v) is 2.27. The molecule has 3 aromatic carbocycles. The molecule has 0 bridgehead atoms. The van der Waals surface area contributed by atoms with Crippen LogP contribution < -0.4 is 9.47 Å². The Balaban J connectivity index is 1.70. The van der Waals surface area contributed by atoms with Crippen molar-refractivity contribution in [2.45, 2.75) is 0 Å². The van der Waals surface area contributed by atoms with Gasteiger partial charge in [-0.3, -0.25) is 4.99 Å². The number of ether oxygens (including phenoxy) is 2. The Kier molecular flexibility index (Phi) is 5.37. The molecule has 0 aliphatic rings. The minimum absolute atomic E-state index is 0.0717. The second-order valence-electron chi connectivity index (χ2n) is 5.61. The molecule has 3 rings (SSSR count). The minimum Gasteiger partial charge on any atom is -0.508 e. The van der Waals surface area contributed by atoms with Crippen LogP contribution in [0.25, 0.3) is 0 Å². The van der Waals surface area contributed by atoms with Gasteiger partial charge in [0, 0.05) is 17.8 Å². The van der Waals surface area contributed by atoms with E-state index in [-0.39, 0.29) is 17.2 Å². The lowest BCUT2D eigenvalue weighted by atomic mass is 10.2. The minimum atomic E-state index is -0.539. The van der Waals surface area contributed by atoms with E-state index in [0.29, 0.717) is 22.6 Å². The first-order valence-corrected chi connectivity index (χ1v) is 8.07. The summed E-state index contributed by atoms with van der Waals surface area (Å²) in [5.41, 5.74) is 1.46. The van der Waals surface area contributed by atoms with E-state index in [2.05, 4.69) is 4.99 Å². The number of methoxy groups -OCH3 is 1. The second-order valence-corrected chi connectivity index (χ2v) is 5.61. The molecular formula is C21H17NO5. The number of carbonyl (C=O) groups excluding carboxylic acids is 1. The normalized spacial score (nSPS) is 10.7. The smallest absolute Gasteiger partial charge is 0.343 e.